The van der Waals surface area contributed by atoms with E-state index in [0.717, 1.165) is 22.5 Å². The van der Waals surface area contributed by atoms with Crippen LogP contribution in [0.25, 0.3) is 16.8 Å². The van der Waals surface area contributed by atoms with E-state index in [1.807, 2.05) is 89.1 Å². The number of thiophene rings is 1. The number of para-hydroxylation sites is 1. The first-order chi connectivity index (χ1) is 12.7. The molecule has 0 fully saturated rings. The van der Waals surface area contributed by atoms with Crippen molar-refractivity contribution >= 4 is 34.5 Å². The molecule has 3 nitrogen and oxygen atoms in total. The van der Waals surface area contributed by atoms with Gasteiger partial charge in [-0.3, -0.25) is 4.79 Å². The summed E-state index contributed by atoms with van der Waals surface area (Å²) in [5, 5.41) is 5.67. The molecule has 0 aliphatic rings. The van der Waals surface area contributed by atoms with Gasteiger partial charge in [0.25, 0.3) is 5.91 Å². The third-order valence-electron chi connectivity index (χ3n) is 4.02. The molecule has 4 rings (SSSR count). The van der Waals surface area contributed by atoms with Crippen molar-refractivity contribution in [1.82, 2.24) is 4.57 Å². The minimum atomic E-state index is -0.120. The largest absolute Gasteiger partial charge is 0.322 e. The number of anilines is 1. The summed E-state index contributed by atoms with van der Waals surface area (Å²) in [5.41, 5.74) is 3.67. The first-order valence-electron chi connectivity index (χ1n) is 8.09. The van der Waals surface area contributed by atoms with Crippen molar-refractivity contribution in [3.63, 3.8) is 0 Å². The normalized spacial score (nSPS) is 10.7. The molecule has 0 bridgehead atoms. The fourth-order valence-electron chi connectivity index (χ4n) is 2.80. The van der Waals surface area contributed by atoms with Crippen LogP contribution in [0.15, 0.2) is 84.5 Å². The van der Waals surface area contributed by atoms with Gasteiger partial charge in [-0.1, -0.05) is 41.9 Å². The molecule has 0 spiro atoms. The van der Waals surface area contributed by atoms with E-state index >= 15 is 0 Å². The quantitative estimate of drug-likeness (QED) is 0.456. The molecule has 2 aromatic carbocycles. The van der Waals surface area contributed by atoms with Crippen molar-refractivity contribution < 1.29 is 4.79 Å². The number of amides is 1. The van der Waals surface area contributed by atoms with Crippen LogP contribution >= 0.6 is 22.9 Å². The Hall–Kier alpha value is -2.82. The van der Waals surface area contributed by atoms with Gasteiger partial charge in [0, 0.05) is 34.0 Å². The zero-order valence-electron chi connectivity index (χ0n) is 13.7. The molecular formula is C21H15ClN2OS. The zero-order valence-corrected chi connectivity index (χ0v) is 15.3. The van der Waals surface area contributed by atoms with Crippen LogP contribution in [0.2, 0.25) is 5.02 Å². The van der Waals surface area contributed by atoms with Gasteiger partial charge in [-0.25, -0.2) is 0 Å². The van der Waals surface area contributed by atoms with E-state index in [-0.39, 0.29) is 5.91 Å². The number of hydrogen-bond acceptors (Lipinski definition) is 2. The number of halogens is 1. The molecule has 4 aromatic rings. The van der Waals surface area contributed by atoms with Gasteiger partial charge < -0.3 is 9.88 Å². The highest BCUT2D eigenvalue weighted by molar-refractivity contribution is 7.13. The van der Waals surface area contributed by atoms with E-state index in [2.05, 4.69) is 5.32 Å². The monoisotopic (exact) mass is 378 g/mol. The summed E-state index contributed by atoms with van der Waals surface area (Å²) in [4.78, 5) is 13.6. The van der Waals surface area contributed by atoms with Crippen LogP contribution in [0.1, 0.15) is 9.67 Å². The van der Waals surface area contributed by atoms with Crippen molar-refractivity contribution in [3.05, 3.63) is 94.4 Å². The topological polar surface area (TPSA) is 34.0 Å². The molecule has 5 heteroatoms. The molecule has 1 N–H and O–H groups in total. The minimum Gasteiger partial charge on any atom is -0.322 e. The zero-order chi connectivity index (χ0) is 17.9. The average Bonchev–Trinajstić information content (AvgIpc) is 3.32. The number of hydrogen-bond donors (Lipinski definition) is 1. The number of carbonyl (C=O) groups excluding carboxylic acids is 1. The molecule has 128 valence electrons. The Balaban J connectivity index is 1.78. The van der Waals surface area contributed by atoms with Gasteiger partial charge in [0.15, 0.2) is 0 Å². The number of rotatable bonds is 4. The maximum Gasteiger partial charge on any atom is 0.267 e. The lowest BCUT2D eigenvalue weighted by Crippen LogP contribution is -2.12. The Morgan fingerprint density at radius 3 is 2.31 bits per heavy atom. The molecule has 0 aliphatic heterocycles. The second-order valence-corrected chi connectivity index (χ2v) is 7.06. The summed E-state index contributed by atoms with van der Waals surface area (Å²) in [6, 6.07) is 21.0. The van der Waals surface area contributed by atoms with Crippen LogP contribution in [0.4, 0.5) is 5.69 Å². The van der Waals surface area contributed by atoms with Gasteiger partial charge in [0.2, 0.25) is 0 Å². The number of nitrogens with zero attached hydrogens (tertiary/aromatic N) is 1. The highest BCUT2D eigenvalue weighted by atomic mass is 35.5. The summed E-state index contributed by atoms with van der Waals surface area (Å²) in [7, 11) is 0. The van der Waals surface area contributed by atoms with E-state index < -0.39 is 0 Å². The predicted octanol–water partition coefficient (Wildman–Crippen LogP) is 6.11. The molecule has 1 amide bonds. The van der Waals surface area contributed by atoms with E-state index in [1.54, 1.807) is 0 Å². The highest BCUT2D eigenvalue weighted by Gasteiger charge is 2.20. The maximum atomic E-state index is 12.9. The van der Waals surface area contributed by atoms with Gasteiger partial charge in [0.05, 0.1) is 5.69 Å². The molecule has 0 aliphatic carbocycles. The lowest BCUT2D eigenvalue weighted by atomic mass is 10.1. The number of aromatic nitrogens is 1. The molecule has 0 unspecified atom stereocenters. The van der Waals surface area contributed by atoms with Crippen molar-refractivity contribution in [2.45, 2.75) is 0 Å². The molecule has 2 aromatic heterocycles. The SMILES string of the molecule is O=C(Nc1ccccc1)c1scc(-c2ccc(Cl)cc2)c1-n1cccc1. The third-order valence-corrected chi connectivity index (χ3v) is 5.24. The van der Waals surface area contributed by atoms with Crippen LogP contribution in [0, 0.1) is 0 Å². The Morgan fingerprint density at radius 2 is 1.62 bits per heavy atom. The summed E-state index contributed by atoms with van der Waals surface area (Å²) in [5.74, 6) is -0.120. The molecule has 0 radical (unpaired) electrons. The fraction of sp³-hybridized carbons (Fsp3) is 0. The number of benzene rings is 2. The lowest BCUT2D eigenvalue weighted by molar-refractivity contribution is 0.103. The maximum absolute atomic E-state index is 12.9. The molecule has 0 saturated carbocycles. The summed E-state index contributed by atoms with van der Waals surface area (Å²) in [6.07, 6.45) is 3.89. The Bertz CT molecular complexity index is 1020. The number of carbonyl (C=O) groups is 1. The fourth-order valence-corrected chi connectivity index (χ4v) is 3.89. The van der Waals surface area contributed by atoms with Crippen LogP contribution in [0.5, 0.6) is 0 Å². The van der Waals surface area contributed by atoms with Gasteiger partial charge in [-0.2, -0.15) is 0 Å². The van der Waals surface area contributed by atoms with Crippen molar-refractivity contribution in [2.24, 2.45) is 0 Å². The van der Waals surface area contributed by atoms with E-state index in [0.29, 0.717) is 9.90 Å². The van der Waals surface area contributed by atoms with Crippen LogP contribution in [-0.2, 0) is 0 Å². The standard InChI is InChI=1S/C21H15ClN2OS/c22-16-10-8-15(9-11-16)18-14-26-20(19(18)24-12-4-5-13-24)21(25)23-17-6-2-1-3-7-17/h1-14H,(H,23,25). The second kappa shape index (κ2) is 7.20. The van der Waals surface area contributed by atoms with Crippen LogP contribution < -0.4 is 5.32 Å². The van der Waals surface area contributed by atoms with E-state index in [1.165, 1.54) is 11.3 Å². The van der Waals surface area contributed by atoms with Gasteiger partial charge in [-0.05, 0) is 42.0 Å². The van der Waals surface area contributed by atoms with E-state index in [9.17, 15) is 4.79 Å². The second-order valence-electron chi connectivity index (χ2n) is 5.74. The van der Waals surface area contributed by atoms with Gasteiger partial charge in [0.1, 0.15) is 4.88 Å². The van der Waals surface area contributed by atoms with Crippen LogP contribution in [-0.4, -0.2) is 10.5 Å². The predicted molar refractivity (Wildman–Crippen MR) is 108 cm³/mol. The number of nitrogens with one attached hydrogen (secondary N) is 1. The highest BCUT2D eigenvalue weighted by Crippen LogP contribution is 2.36. The molecular weight excluding hydrogens is 364 g/mol. The first kappa shape index (κ1) is 16.6. The van der Waals surface area contributed by atoms with Crippen LogP contribution in [0.3, 0.4) is 0 Å². The Kier molecular flexibility index (Phi) is 4.61. The molecule has 0 atom stereocenters. The molecule has 0 saturated heterocycles. The Morgan fingerprint density at radius 1 is 0.923 bits per heavy atom. The Labute approximate surface area is 160 Å². The van der Waals surface area contributed by atoms with E-state index in [4.69, 9.17) is 11.6 Å². The van der Waals surface area contributed by atoms with Crippen molar-refractivity contribution in [1.29, 1.82) is 0 Å². The minimum absolute atomic E-state index is 0.120. The smallest absolute Gasteiger partial charge is 0.267 e. The summed E-state index contributed by atoms with van der Waals surface area (Å²) >= 11 is 7.45. The summed E-state index contributed by atoms with van der Waals surface area (Å²) in [6.45, 7) is 0. The third kappa shape index (κ3) is 3.29. The molecule has 2 heterocycles. The average molecular weight is 379 g/mol. The molecule has 26 heavy (non-hydrogen) atoms. The van der Waals surface area contributed by atoms with Crippen molar-refractivity contribution in [2.75, 3.05) is 5.32 Å². The van der Waals surface area contributed by atoms with Crippen molar-refractivity contribution in [3.8, 4) is 16.8 Å². The summed E-state index contributed by atoms with van der Waals surface area (Å²) < 4.78 is 1.97. The van der Waals surface area contributed by atoms with Gasteiger partial charge >= 0.3 is 0 Å². The van der Waals surface area contributed by atoms with Gasteiger partial charge in [-0.15, -0.1) is 11.3 Å². The lowest BCUT2D eigenvalue weighted by Gasteiger charge is -2.10. The first-order valence-corrected chi connectivity index (χ1v) is 9.35.